The summed E-state index contributed by atoms with van der Waals surface area (Å²) in [6.07, 6.45) is 10.1. The van der Waals surface area contributed by atoms with E-state index in [2.05, 4.69) is 19.6 Å². The van der Waals surface area contributed by atoms with Crippen molar-refractivity contribution >= 4 is 11.9 Å². The van der Waals surface area contributed by atoms with Crippen LogP contribution in [0.4, 0.5) is 0 Å². The molecule has 0 saturated heterocycles. The molecule has 32 heavy (non-hydrogen) atoms. The quantitative estimate of drug-likeness (QED) is 0.102. The molecule has 171 valence electrons. The molecule has 0 aliphatic rings. The van der Waals surface area contributed by atoms with Crippen LogP contribution >= 0.6 is 0 Å². The molecular weight excluding hydrogens is 404 g/mol. The maximum Gasteiger partial charge on any atom is 0.347 e. The molecule has 2 rings (SSSR count). The Labute approximate surface area is 191 Å². The Balaban J connectivity index is 1.95. The summed E-state index contributed by atoms with van der Waals surface area (Å²) in [5.74, 6) is -0.506. The third kappa shape index (κ3) is 9.38. The number of unbranched alkanes of at least 4 members (excludes halogenated alkanes) is 7. The standard InChI is InChI=1S/C27H33O5/c1-3-5-6-7-8-9-10-14-21-26(32-25(28)4-2)31-24-20-16-15-19-23(24)27(29)30-22-17-12-11-13-18-22/h4,11-13,15-17,19-20,26H,2-3,5-10,14,21H2,1H3. The van der Waals surface area contributed by atoms with Crippen molar-refractivity contribution < 1.29 is 23.8 Å². The van der Waals surface area contributed by atoms with Crippen LogP contribution in [0.5, 0.6) is 11.5 Å². The minimum absolute atomic E-state index is 0.250. The van der Waals surface area contributed by atoms with Crippen molar-refractivity contribution in [1.29, 1.82) is 0 Å². The van der Waals surface area contributed by atoms with E-state index in [0.717, 1.165) is 25.3 Å². The van der Waals surface area contributed by atoms with Crippen LogP contribution in [0.15, 0.2) is 61.2 Å². The van der Waals surface area contributed by atoms with Gasteiger partial charge in [-0.1, -0.05) is 88.8 Å². The molecule has 1 unspecified atom stereocenters. The summed E-state index contributed by atoms with van der Waals surface area (Å²) in [5, 5.41) is 0. The van der Waals surface area contributed by atoms with Crippen molar-refractivity contribution in [3.63, 3.8) is 0 Å². The molecule has 5 heteroatoms. The topological polar surface area (TPSA) is 61.8 Å². The Kier molecular flexibility index (Phi) is 11.7. The highest BCUT2D eigenvalue weighted by atomic mass is 16.7. The number of benzene rings is 2. The smallest absolute Gasteiger partial charge is 0.347 e. The highest BCUT2D eigenvalue weighted by Crippen LogP contribution is 2.24. The Morgan fingerprint density at radius 1 is 0.969 bits per heavy atom. The van der Waals surface area contributed by atoms with Gasteiger partial charge in [0.1, 0.15) is 17.1 Å². The third-order valence-electron chi connectivity index (χ3n) is 4.96. The van der Waals surface area contributed by atoms with Crippen molar-refractivity contribution in [3.8, 4) is 11.5 Å². The minimum Gasteiger partial charge on any atom is -0.454 e. The van der Waals surface area contributed by atoms with Gasteiger partial charge < -0.3 is 14.2 Å². The van der Waals surface area contributed by atoms with Gasteiger partial charge in [-0.3, -0.25) is 0 Å². The summed E-state index contributed by atoms with van der Waals surface area (Å²) in [5.41, 5.74) is 0.250. The first kappa shape index (κ1) is 25.2. The molecule has 0 aromatic heterocycles. The van der Waals surface area contributed by atoms with Gasteiger partial charge >= 0.3 is 11.9 Å². The zero-order chi connectivity index (χ0) is 23.0. The summed E-state index contributed by atoms with van der Waals surface area (Å²) in [6.45, 7) is 5.66. The van der Waals surface area contributed by atoms with Gasteiger partial charge in [0.25, 0.3) is 0 Å². The Hall–Kier alpha value is -3.08. The predicted octanol–water partition coefficient (Wildman–Crippen LogP) is 6.67. The molecule has 2 aromatic rings. The number of esters is 2. The van der Waals surface area contributed by atoms with Crippen LogP contribution < -0.4 is 9.47 Å². The molecule has 5 nitrogen and oxygen atoms in total. The van der Waals surface area contributed by atoms with Gasteiger partial charge in [-0.2, -0.15) is 0 Å². The van der Waals surface area contributed by atoms with E-state index in [4.69, 9.17) is 14.2 Å². The van der Waals surface area contributed by atoms with E-state index in [1.165, 1.54) is 32.1 Å². The summed E-state index contributed by atoms with van der Waals surface area (Å²) in [7, 11) is 0. The lowest BCUT2D eigenvalue weighted by Gasteiger charge is -2.20. The number of hydrogen-bond acceptors (Lipinski definition) is 5. The highest BCUT2D eigenvalue weighted by Gasteiger charge is 2.20. The average Bonchev–Trinajstić information content (AvgIpc) is 2.81. The lowest BCUT2D eigenvalue weighted by molar-refractivity contribution is -0.158. The summed E-state index contributed by atoms with van der Waals surface area (Å²) >= 11 is 0. The van der Waals surface area contributed by atoms with Crippen molar-refractivity contribution in [2.45, 2.75) is 71.0 Å². The number of rotatable bonds is 15. The van der Waals surface area contributed by atoms with Crippen LogP contribution in [0.1, 0.15) is 75.1 Å². The molecule has 2 aromatic carbocycles. The SMILES string of the molecule is C=CC(=O)OC(CCCCCCCCCC)Oc1ccccc1C(=O)Oc1[c]cccc1. The van der Waals surface area contributed by atoms with Gasteiger partial charge in [0, 0.05) is 18.6 Å². The lowest BCUT2D eigenvalue weighted by Crippen LogP contribution is -2.24. The van der Waals surface area contributed by atoms with Gasteiger partial charge in [0.15, 0.2) is 0 Å². The van der Waals surface area contributed by atoms with Crippen LogP contribution in [-0.4, -0.2) is 18.2 Å². The maximum atomic E-state index is 12.7. The van der Waals surface area contributed by atoms with Crippen molar-refractivity contribution in [3.05, 3.63) is 72.8 Å². The Bertz CT molecular complexity index is 831. The molecule has 1 radical (unpaired) electrons. The first-order valence-electron chi connectivity index (χ1n) is 11.4. The average molecular weight is 438 g/mol. The number of ether oxygens (including phenoxy) is 3. The number of carbonyl (C=O) groups excluding carboxylic acids is 2. The van der Waals surface area contributed by atoms with Crippen molar-refractivity contribution in [1.82, 2.24) is 0 Å². The predicted molar refractivity (Wildman–Crippen MR) is 125 cm³/mol. The zero-order valence-electron chi connectivity index (χ0n) is 18.9. The Morgan fingerprint density at radius 3 is 2.34 bits per heavy atom. The van der Waals surface area contributed by atoms with E-state index in [-0.39, 0.29) is 5.56 Å². The van der Waals surface area contributed by atoms with Gasteiger partial charge in [-0.05, 0) is 24.6 Å². The van der Waals surface area contributed by atoms with E-state index in [0.29, 0.717) is 17.9 Å². The largest absolute Gasteiger partial charge is 0.454 e. The number of para-hydroxylation sites is 2. The summed E-state index contributed by atoms with van der Waals surface area (Å²) in [4.78, 5) is 24.4. The second kappa shape index (κ2) is 14.8. The molecule has 0 N–H and O–H groups in total. The first-order chi connectivity index (χ1) is 15.6. The summed E-state index contributed by atoms with van der Waals surface area (Å²) < 4.78 is 16.7. The lowest BCUT2D eigenvalue weighted by atomic mass is 10.1. The van der Waals surface area contributed by atoms with Gasteiger partial charge in [-0.25, -0.2) is 9.59 Å². The molecule has 0 bridgehead atoms. The fourth-order valence-electron chi connectivity index (χ4n) is 3.24. The maximum absolute atomic E-state index is 12.7. The molecule has 0 aliphatic heterocycles. The number of carbonyl (C=O) groups is 2. The molecular formula is C27H33O5. The molecule has 0 amide bonds. The molecule has 0 fully saturated rings. The van der Waals surface area contributed by atoms with Crippen LogP contribution in [0.2, 0.25) is 0 Å². The van der Waals surface area contributed by atoms with E-state index in [9.17, 15) is 9.59 Å². The van der Waals surface area contributed by atoms with Crippen molar-refractivity contribution in [2.75, 3.05) is 0 Å². The monoisotopic (exact) mass is 437 g/mol. The highest BCUT2D eigenvalue weighted by molar-refractivity contribution is 5.94. The second-order valence-electron chi connectivity index (χ2n) is 7.56. The fourth-order valence-corrected chi connectivity index (χ4v) is 3.24. The minimum atomic E-state index is -0.808. The van der Waals surface area contributed by atoms with Crippen LogP contribution in [-0.2, 0) is 9.53 Å². The van der Waals surface area contributed by atoms with E-state index >= 15 is 0 Å². The molecule has 1 atom stereocenters. The van der Waals surface area contributed by atoms with Crippen molar-refractivity contribution in [2.24, 2.45) is 0 Å². The molecule has 0 saturated carbocycles. The van der Waals surface area contributed by atoms with Crippen LogP contribution in [0.3, 0.4) is 0 Å². The fraction of sp³-hybridized carbons (Fsp3) is 0.407. The van der Waals surface area contributed by atoms with Crippen LogP contribution in [0, 0.1) is 6.07 Å². The third-order valence-corrected chi connectivity index (χ3v) is 4.96. The van der Waals surface area contributed by atoms with Gasteiger partial charge in [0.05, 0.1) is 0 Å². The Morgan fingerprint density at radius 2 is 1.66 bits per heavy atom. The van der Waals surface area contributed by atoms with Gasteiger partial charge in [-0.15, -0.1) is 0 Å². The second-order valence-corrected chi connectivity index (χ2v) is 7.56. The molecule has 0 spiro atoms. The van der Waals surface area contributed by atoms with Gasteiger partial charge in [0.2, 0.25) is 6.29 Å². The van der Waals surface area contributed by atoms with E-state index < -0.39 is 18.2 Å². The van der Waals surface area contributed by atoms with E-state index in [1.807, 2.05) is 0 Å². The molecule has 0 aliphatic carbocycles. The normalized spacial score (nSPS) is 11.4. The molecule has 0 heterocycles. The zero-order valence-corrected chi connectivity index (χ0v) is 18.9. The van der Waals surface area contributed by atoms with Crippen LogP contribution in [0.25, 0.3) is 0 Å². The number of hydrogen-bond donors (Lipinski definition) is 0. The first-order valence-corrected chi connectivity index (χ1v) is 11.4. The van der Waals surface area contributed by atoms with E-state index in [1.54, 1.807) is 48.5 Å². The summed E-state index contributed by atoms with van der Waals surface area (Å²) in [6, 6.07) is 16.5.